The second-order valence-corrected chi connectivity index (χ2v) is 7.75. The second-order valence-electron chi connectivity index (χ2n) is 7.75. The van der Waals surface area contributed by atoms with E-state index in [-0.39, 0.29) is 12.7 Å². The maximum atomic E-state index is 10.6. The van der Waals surface area contributed by atoms with E-state index >= 15 is 0 Å². The van der Waals surface area contributed by atoms with Crippen LogP contribution in [0, 0.1) is 5.92 Å². The van der Waals surface area contributed by atoms with Crippen molar-refractivity contribution in [2.24, 2.45) is 5.92 Å². The smallest absolute Gasteiger partial charge is 0.122 e. The number of hydrogen-bond donors (Lipinski definition) is 1. The van der Waals surface area contributed by atoms with Crippen LogP contribution in [-0.4, -0.2) is 49.5 Å². The van der Waals surface area contributed by atoms with Gasteiger partial charge in [-0.25, -0.2) is 0 Å². The van der Waals surface area contributed by atoms with Crippen LogP contribution < -0.4 is 4.74 Å². The third-order valence-corrected chi connectivity index (χ3v) is 6.15. The fourth-order valence-corrected chi connectivity index (χ4v) is 4.60. The van der Waals surface area contributed by atoms with Crippen LogP contribution >= 0.6 is 0 Å². The summed E-state index contributed by atoms with van der Waals surface area (Å²) in [5.74, 6) is 1.29. The fraction of sp³-hybridized carbons (Fsp3) is 0.478. The van der Waals surface area contributed by atoms with Gasteiger partial charge in [-0.05, 0) is 30.4 Å². The van der Waals surface area contributed by atoms with Gasteiger partial charge in [-0.2, -0.15) is 0 Å². The van der Waals surface area contributed by atoms with Crippen LogP contribution in [0.3, 0.4) is 0 Å². The van der Waals surface area contributed by atoms with Gasteiger partial charge < -0.3 is 14.6 Å². The van der Waals surface area contributed by atoms with Crippen LogP contribution in [0.15, 0.2) is 54.6 Å². The first-order valence-electron chi connectivity index (χ1n) is 9.90. The fourth-order valence-electron chi connectivity index (χ4n) is 4.60. The van der Waals surface area contributed by atoms with Gasteiger partial charge in [-0.15, -0.1) is 0 Å². The van der Waals surface area contributed by atoms with Gasteiger partial charge in [-0.3, -0.25) is 4.90 Å². The lowest BCUT2D eigenvalue weighted by Gasteiger charge is -2.45. The van der Waals surface area contributed by atoms with E-state index in [0.29, 0.717) is 12.5 Å². The summed E-state index contributed by atoms with van der Waals surface area (Å²) in [6.45, 7) is 3.44. The highest BCUT2D eigenvalue weighted by Gasteiger charge is 2.54. The van der Waals surface area contributed by atoms with Gasteiger partial charge in [0.1, 0.15) is 5.75 Å². The number of rotatable bonds is 7. The molecule has 1 heterocycles. The minimum Gasteiger partial charge on any atom is -0.496 e. The van der Waals surface area contributed by atoms with Crippen molar-refractivity contribution in [3.8, 4) is 5.75 Å². The van der Waals surface area contributed by atoms with E-state index in [4.69, 9.17) is 9.47 Å². The van der Waals surface area contributed by atoms with Crippen molar-refractivity contribution in [3.63, 3.8) is 0 Å². The highest BCUT2D eigenvalue weighted by molar-refractivity contribution is 5.43. The standard InChI is InChI=1S/C23H29NO3/c1-26-21-10-6-5-9-20(21)23(17-25,19-11-12-19)22-16-24(13-14-27-22)15-18-7-3-2-4-8-18/h2-10,19,22,25H,11-17H2,1H3. The number of aliphatic hydroxyl groups excluding tert-OH is 1. The van der Waals surface area contributed by atoms with Crippen molar-refractivity contribution in [2.45, 2.75) is 30.9 Å². The van der Waals surface area contributed by atoms with Crippen molar-refractivity contribution in [1.82, 2.24) is 4.90 Å². The molecular weight excluding hydrogens is 338 g/mol. The molecule has 1 saturated carbocycles. The predicted molar refractivity (Wildman–Crippen MR) is 106 cm³/mol. The summed E-state index contributed by atoms with van der Waals surface area (Å²) in [7, 11) is 1.71. The molecule has 2 aliphatic rings. The molecule has 2 aromatic carbocycles. The maximum Gasteiger partial charge on any atom is 0.122 e. The van der Waals surface area contributed by atoms with Gasteiger partial charge >= 0.3 is 0 Å². The number of para-hydroxylation sites is 1. The number of hydrogen-bond acceptors (Lipinski definition) is 4. The summed E-state index contributed by atoms with van der Waals surface area (Å²) in [6, 6.07) is 18.7. The van der Waals surface area contributed by atoms with Gasteiger partial charge in [0.2, 0.25) is 0 Å². The van der Waals surface area contributed by atoms with Crippen molar-refractivity contribution in [1.29, 1.82) is 0 Å². The third-order valence-electron chi connectivity index (χ3n) is 6.15. The van der Waals surface area contributed by atoms with Crippen molar-refractivity contribution in [3.05, 3.63) is 65.7 Å². The molecule has 27 heavy (non-hydrogen) atoms. The molecule has 1 N–H and O–H groups in total. The molecule has 0 bridgehead atoms. The van der Waals surface area contributed by atoms with E-state index in [9.17, 15) is 5.11 Å². The van der Waals surface area contributed by atoms with Crippen LogP contribution in [0.25, 0.3) is 0 Å². The molecule has 2 aromatic rings. The van der Waals surface area contributed by atoms with E-state index in [0.717, 1.165) is 43.8 Å². The number of morpholine rings is 1. The zero-order valence-electron chi connectivity index (χ0n) is 16.0. The van der Waals surface area contributed by atoms with Gasteiger partial charge in [0.15, 0.2) is 0 Å². The molecule has 0 amide bonds. The topological polar surface area (TPSA) is 41.9 Å². The summed E-state index contributed by atoms with van der Waals surface area (Å²) in [5.41, 5.74) is 2.00. The Balaban J connectivity index is 1.62. The molecule has 1 aliphatic carbocycles. The Bertz CT molecular complexity index is 746. The number of benzene rings is 2. The van der Waals surface area contributed by atoms with Crippen molar-refractivity contribution in [2.75, 3.05) is 33.4 Å². The first-order valence-corrected chi connectivity index (χ1v) is 9.90. The van der Waals surface area contributed by atoms with E-state index < -0.39 is 5.41 Å². The molecule has 2 unspecified atom stereocenters. The summed E-state index contributed by atoms with van der Waals surface area (Å²) in [6.07, 6.45) is 2.23. The first kappa shape index (κ1) is 18.5. The summed E-state index contributed by atoms with van der Waals surface area (Å²) >= 11 is 0. The predicted octanol–water partition coefficient (Wildman–Crippen LogP) is 3.24. The van der Waals surface area contributed by atoms with Crippen LogP contribution in [0.1, 0.15) is 24.0 Å². The molecule has 4 heteroatoms. The monoisotopic (exact) mass is 367 g/mol. The lowest BCUT2D eigenvalue weighted by atomic mass is 9.71. The van der Waals surface area contributed by atoms with Gasteiger partial charge in [0, 0.05) is 25.2 Å². The molecule has 0 radical (unpaired) electrons. The lowest BCUT2D eigenvalue weighted by Crippen LogP contribution is -2.55. The maximum absolute atomic E-state index is 10.6. The summed E-state index contributed by atoms with van der Waals surface area (Å²) in [4.78, 5) is 2.45. The Morgan fingerprint density at radius 3 is 2.56 bits per heavy atom. The molecule has 2 fully saturated rings. The third kappa shape index (κ3) is 3.62. The number of methoxy groups -OCH3 is 1. The minimum absolute atomic E-state index is 0.0382. The Morgan fingerprint density at radius 2 is 1.85 bits per heavy atom. The van der Waals surface area contributed by atoms with Crippen molar-refractivity contribution < 1.29 is 14.6 Å². The van der Waals surface area contributed by atoms with E-state index in [2.05, 4.69) is 41.3 Å². The summed E-state index contributed by atoms with van der Waals surface area (Å²) in [5, 5.41) is 10.6. The van der Waals surface area contributed by atoms with Crippen LogP contribution in [0.2, 0.25) is 0 Å². The molecule has 4 rings (SSSR count). The average Bonchev–Trinajstić information content (AvgIpc) is 3.56. The Labute approximate surface area is 161 Å². The van der Waals surface area contributed by atoms with E-state index in [1.54, 1.807) is 7.11 Å². The largest absolute Gasteiger partial charge is 0.496 e. The molecule has 1 saturated heterocycles. The van der Waals surface area contributed by atoms with E-state index in [1.807, 2.05) is 18.2 Å². The second kappa shape index (κ2) is 8.01. The Morgan fingerprint density at radius 1 is 1.11 bits per heavy atom. The van der Waals surface area contributed by atoms with Gasteiger partial charge in [-0.1, -0.05) is 48.5 Å². The molecule has 2 atom stereocenters. The van der Waals surface area contributed by atoms with Crippen LogP contribution in [0.5, 0.6) is 5.75 Å². The Kier molecular flexibility index (Phi) is 5.48. The SMILES string of the molecule is COc1ccccc1C(CO)(C1CC1)C1CN(Cc2ccccc2)CCO1. The number of ether oxygens (including phenoxy) is 2. The highest BCUT2D eigenvalue weighted by Crippen LogP contribution is 2.52. The van der Waals surface area contributed by atoms with E-state index in [1.165, 1.54) is 5.56 Å². The van der Waals surface area contributed by atoms with Gasteiger partial charge in [0.25, 0.3) is 0 Å². The zero-order chi connectivity index (χ0) is 18.7. The molecular formula is C23H29NO3. The molecule has 0 spiro atoms. The minimum atomic E-state index is -0.401. The van der Waals surface area contributed by atoms with Crippen LogP contribution in [-0.2, 0) is 16.7 Å². The summed E-state index contributed by atoms with van der Waals surface area (Å²) < 4.78 is 12.0. The quantitative estimate of drug-likeness (QED) is 0.816. The highest BCUT2D eigenvalue weighted by atomic mass is 16.5. The zero-order valence-corrected chi connectivity index (χ0v) is 16.0. The van der Waals surface area contributed by atoms with Crippen molar-refractivity contribution >= 4 is 0 Å². The molecule has 1 aliphatic heterocycles. The molecule has 4 nitrogen and oxygen atoms in total. The normalized spacial score (nSPS) is 23.0. The first-order chi connectivity index (χ1) is 13.3. The average molecular weight is 367 g/mol. The number of aliphatic hydroxyl groups is 1. The van der Waals surface area contributed by atoms with Crippen LogP contribution in [0.4, 0.5) is 0 Å². The Hall–Kier alpha value is -1.88. The molecule has 0 aromatic heterocycles. The number of nitrogens with zero attached hydrogens (tertiary/aromatic N) is 1. The van der Waals surface area contributed by atoms with Gasteiger partial charge in [0.05, 0.1) is 31.8 Å². The lowest BCUT2D eigenvalue weighted by molar-refractivity contribution is -0.0913. The molecule has 144 valence electrons.